The molecule has 128 valence electrons. The van der Waals surface area contributed by atoms with Crippen LogP contribution in [0.1, 0.15) is 18.1 Å². The zero-order valence-electron chi connectivity index (χ0n) is 13.9. The summed E-state index contributed by atoms with van der Waals surface area (Å²) in [5.74, 6) is 2.06. The number of aryl methyl sites for hydroxylation is 1. The number of thioether (sulfide) groups is 1. The number of carbonyl (C=O) groups excluding carboxylic acids is 1. The molecule has 1 N–H and O–H groups in total. The van der Waals surface area contributed by atoms with Crippen molar-refractivity contribution in [2.24, 2.45) is 0 Å². The summed E-state index contributed by atoms with van der Waals surface area (Å²) in [6.45, 7) is 4.43. The van der Waals surface area contributed by atoms with Gasteiger partial charge in [0.25, 0.3) is 0 Å². The van der Waals surface area contributed by atoms with Crippen LogP contribution in [0.2, 0.25) is 5.02 Å². The van der Waals surface area contributed by atoms with Crippen molar-refractivity contribution in [1.82, 2.24) is 5.32 Å². The maximum atomic E-state index is 11.9. The number of ether oxygens (including phenoxy) is 1. The number of hydrogen-bond acceptors (Lipinski definition) is 3. The highest BCUT2D eigenvalue weighted by Gasteiger charge is 2.08. The van der Waals surface area contributed by atoms with Crippen LogP contribution in [0.5, 0.6) is 5.75 Å². The molecule has 0 fully saturated rings. The van der Waals surface area contributed by atoms with Crippen molar-refractivity contribution >= 4 is 29.3 Å². The minimum absolute atomic E-state index is 0.0222. The Bertz CT molecular complexity index is 643. The number of nitrogens with one attached hydrogen (secondary N) is 1. The van der Waals surface area contributed by atoms with Crippen molar-refractivity contribution in [3.63, 3.8) is 0 Å². The number of benzene rings is 2. The van der Waals surface area contributed by atoms with Crippen LogP contribution in [0.25, 0.3) is 0 Å². The summed E-state index contributed by atoms with van der Waals surface area (Å²) in [5.41, 5.74) is 2.36. The van der Waals surface area contributed by atoms with Crippen LogP contribution < -0.4 is 10.1 Å². The minimum atomic E-state index is -0.0325. The third-order valence-corrected chi connectivity index (χ3v) is 4.60. The minimum Gasteiger partial charge on any atom is -0.491 e. The number of carbonyl (C=O) groups is 1. The molecule has 1 amide bonds. The third-order valence-electron chi connectivity index (χ3n) is 3.34. The van der Waals surface area contributed by atoms with E-state index >= 15 is 0 Å². The van der Waals surface area contributed by atoms with Crippen LogP contribution in [0, 0.1) is 6.92 Å². The zero-order valence-corrected chi connectivity index (χ0v) is 15.5. The second kappa shape index (κ2) is 9.60. The molecule has 0 heterocycles. The van der Waals surface area contributed by atoms with E-state index in [2.05, 4.69) is 5.32 Å². The van der Waals surface area contributed by atoms with Crippen molar-refractivity contribution in [1.29, 1.82) is 0 Å². The Labute approximate surface area is 152 Å². The van der Waals surface area contributed by atoms with Gasteiger partial charge in [0.15, 0.2) is 0 Å². The molecule has 0 saturated heterocycles. The molecule has 0 radical (unpaired) electrons. The van der Waals surface area contributed by atoms with E-state index in [1.54, 1.807) is 11.8 Å². The molecule has 0 aliphatic carbocycles. The number of rotatable bonds is 8. The molecule has 0 aromatic heterocycles. The van der Waals surface area contributed by atoms with E-state index < -0.39 is 0 Å². The fraction of sp³-hybridized carbons (Fsp3) is 0.316. The Hall–Kier alpha value is -1.65. The van der Waals surface area contributed by atoms with Gasteiger partial charge in [-0.25, -0.2) is 0 Å². The highest BCUT2D eigenvalue weighted by atomic mass is 35.5. The molecule has 0 aliphatic rings. The van der Waals surface area contributed by atoms with Gasteiger partial charge < -0.3 is 10.1 Å². The van der Waals surface area contributed by atoms with Gasteiger partial charge in [-0.1, -0.05) is 41.4 Å². The summed E-state index contributed by atoms with van der Waals surface area (Å²) in [5, 5.41) is 3.68. The first-order valence-electron chi connectivity index (χ1n) is 7.84. The maximum absolute atomic E-state index is 11.9. The normalized spacial score (nSPS) is 11.8. The molecular weight excluding hydrogens is 342 g/mol. The summed E-state index contributed by atoms with van der Waals surface area (Å²) >= 11 is 7.43. The van der Waals surface area contributed by atoms with Crippen LogP contribution in [0.3, 0.4) is 0 Å². The Morgan fingerprint density at radius 3 is 2.50 bits per heavy atom. The lowest BCUT2D eigenvalue weighted by molar-refractivity contribution is -0.119. The Kier molecular flexibility index (Phi) is 7.47. The first kappa shape index (κ1) is 18.7. The van der Waals surface area contributed by atoms with Crippen LogP contribution in [0.4, 0.5) is 0 Å². The first-order chi connectivity index (χ1) is 11.5. The standard InChI is InChI=1S/C19H22ClNO2S/c1-14-3-9-18(10-4-14)23-11-15(2)21-19(22)13-24-12-16-5-7-17(20)8-6-16/h3-10,15H,11-13H2,1-2H3,(H,21,22). The summed E-state index contributed by atoms with van der Waals surface area (Å²) in [6, 6.07) is 15.5. The summed E-state index contributed by atoms with van der Waals surface area (Å²) in [7, 11) is 0. The van der Waals surface area contributed by atoms with E-state index in [1.165, 1.54) is 5.56 Å². The summed E-state index contributed by atoms with van der Waals surface area (Å²) in [6.07, 6.45) is 0. The molecule has 0 aliphatic heterocycles. The molecule has 0 spiro atoms. The average molecular weight is 364 g/mol. The Morgan fingerprint density at radius 2 is 1.83 bits per heavy atom. The van der Waals surface area contributed by atoms with Gasteiger partial charge in [0, 0.05) is 10.8 Å². The molecule has 1 atom stereocenters. The highest BCUT2D eigenvalue weighted by molar-refractivity contribution is 7.99. The van der Waals surface area contributed by atoms with Crippen molar-refractivity contribution in [2.45, 2.75) is 25.6 Å². The molecule has 2 aromatic rings. The molecular formula is C19H22ClNO2S. The van der Waals surface area contributed by atoms with E-state index in [1.807, 2.05) is 62.4 Å². The molecule has 0 saturated carbocycles. The SMILES string of the molecule is Cc1ccc(OCC(C)NC(=O)CSCc2ccc(Cl)cc2)cc1. The van der Waals surface area contributed by atoms with Crippen molar-refractivity contribution < 1.29 is 9.53 Å². The maximum Gasteiger partial charge on any atom is 0.230 e. The quantitative estimate of drug-likeness (QED) is 0.752. The smallest absolute Gasteiger partial charge is 0.230 e. The lowest BCUT2D eigenvalue weighted by Crippen LogP contribution is -2.37. The second-order valence-corrected chi connectivity index (χ2v) is 7.13. The van der Waals surface area contributed by atoms with Gasteiger partial charge in [0.05, 0.1) is 11.8 Å². The van der Waals surface area contributed by atoms with Crippen LogP contribution in [0.15, 0.2) is 48.5 Å². The van der Waals surface area contributed by atoms with Gasteiger partial charge in [-0.05, 0) is 43.7 Å². The Morgan fingerprint density at radius 1 is 1.17 bits per heavy atom. The lowest BCUT2D eigenvalue weighted by Gasteiger charge is -2.15. The Balaban J connectivity index is 1.64. The first-order valence-corrected chi connectivity index (χ1v) is 9.37. The van der Waals surface area contributed by atoms with E-state index in [0.717, 1.165) is 22.1 Å². The third kappa shape index (κ3) is 6.85. The van der Waals surface area contributed by atoms with Crippen LogP contribution in [-0.4, -0.2) is 24.3 Å². The van der Waals surface area contributed by atoms with Gasteiger partial charge in [-0.15, -0.1) is 11.8 Å². The zero-order chi connectivity index (χ0) is 17.4. The van der Waals surface area contributed by atoms with Crippen LogP contribution in [-0.2, 0) is 10.5 Å². The van der Waals surface area contributed by atoms with Crippen molar-refractivity contribution in [2.75, 3.05) is 12.4 Å². The van der Waals surface area contributed by atoms with Gasteiger partial charge in [0.2, 0.25) is 5.91 Å². The van der Waals surface area contributed by atoms with Crippen LogP contribution >= 0.6 is 23.4 Å². The lowest BCUT2D eigenvalue weighted by atomic mass is 10.2. The topological polar surface area (TPSA) is 38.3 Å². The van der Waals surface area contributed by atoms with Gasteiger partial charge in [0.1, 0.15) is 12.4 Å². The molecule has 3 nitrogen and oxygen atoms in total. The number of halogens is 1. The summed E-state index contributed by atoms with van der Waals surface area (Å²) in [4.78, 5) is 11.9. The average Bonchev–Trinajstić information content (AvgIpc) is 2.56. The molecule has 2 aromatic carbocycles. The molecule has 24 heavy (non-hydrogen) atoms. The van der Waals surface area contributed by atoms with Gasteiger partial charge >= 0.3 is 0 Å². The van der Waals surface area contributed by atoms with Crippen molar-refractivity contribution in [3.8, 4) is 5.75 Å². The second-order valence-electron chi connectivity index (χ2n) is 5.71. The fourth-order valence-corrected chi connectivity index (χ4v) is 2.98. The fourth-order valence-electron chi connectivity index (χ4n) is 2.06. The van der Waals surface area contributed by atoms with E-state index in [4.69, 9.17) is 16.3 Å². The number of hydrogen-bond donors (Lipinski definition) is 1. The predicted molar refractivity (Wildman–Crippen MR) is 102 cm³/mol. The van der Waals surface area contributed by atoms with Crippen molar-refractivity contribution in [3.05, 3.63) is 64.7 Å². The summed E-state index contributed by atoms with van der Waals surface area (Å²) < 4.78 is 5.67. The van der Waals surface area contributed by atoms with Gasteiger partial charge in [-0.3, -0.25) is 4.79 Å². The van der Waals surface area contributed by atoms with E-state index in [9.17, 15) is 4.79 Å². The molecule has 1 unspecified atom stereocenters. The molecule has 5 heteroatoms. The number of amides is 1. The van der Waals surface area contributed by atoms with E-state index in [-0.39, 0.29) is 11.9 Å². The molecule has 0 bridgehead atoms. The highest BCUT2D eigenvalue weighted by Crippen LogP contribution is 2.15. The monoisotopic (exact) mass is 363 g/mol. The predicted octanol–water partition coefficient (Wildman–Crippen LogP) is 4.47. The van der Waals surface area contributed by atoms with Gasteiger partial charge in [-0.2, -0.15) is 0 Å². The molecule has 2 rings (SSSR count). The largest absolute Gasteiger partial charge is 0.491 e. The van der Waals surface area contributed by atoms with E-state index in [0.29, 0.717) is 12.4 Å².